The number of nitrogens with zero attached hydrogens (tertiary/aromatic N) is 2. The Morgan fingerprint density at radius 3 is 1.60 bits per heavy atom. The van der Waals surface area contributed by atoms with Crippen LogP contribution in [0.3, 0.4) is 0 Å². The van der Waals surface area contributed by atoms with Gasteiger partial charge in [-0.05, 0) is 154 Å². The first-order valence-corrected chi connectivity index (χ1v) is 25.6. The van der Waals surface area contributed by atoms with E-state index >= 15 is 0 Å². The highest BCUT2D eigenvalue weighted by Gasteiger charge is 2.43. The number of hydrogen-bond acceptors (Lipinski definition) is 4. The second kappa shape index (κ2) is 16.2. The van der Waals surface area contributed by atoms with E-state index in [4.69, 9.17) is 0 Å². The Hall–Kier alpha value is -8.28. The van der Waals surface area contributed by atoms with Crippen LogP contribution in [0.5, 0.6) is 0 Å². The van der Waals surface area contributed by atoms with E-state index in [9.17, 15) is 0 Å². The molecule has 1 atom stereocenters. The molecule has 0 fully saturated rings. The minimum absolute atomic E-state index is 0.449. The topological polar surface area (TPSA) is 6.48 Å². The lowest BCUT2D eigenvalue weighted by atomic mass is 9.73. The zero-order valence-corrected chi connectivity index (χ0v) is 40.0. The van der Waals surface area contributed by atoms with E-state index < -0.39 is 5.41 Å². The zero-order chi connectivity index (χ0) is 46.3. The molecule has 330 valence electrons. The lowest BCUT2D eigenvalue weighted by Crippen LogP contribution is -2.22. The Labute approximate surface area is 415 Å². The van der Waals surface area contributed by atoms with Gasteiger partial charge >= 0.3 is 0 Å². The third-order valence-electron chi connectivity index (χ3n) is 14.7. The summed E-state index contributed by atoms with van der Waals surface area (Å²) in [4.78, 5) is 4.88. The molecule has 1 aliphatic carbocycles. The minimum Gasteiger partial charge on any atom is -0.310 e. The summed E-state index contributed by atoms with van der Waals surface area (Å²) in [6.07, 6.45) is 0. The van der Waals surface area contributed by atoms with Crippen LogP contribution in [0.25, 0.3) is 73.4 Å². The van der Waals surface area contributed by atoms with Gasteiger partial charge in [0.25, 0.3) is 0 Å². The first kappa shape index (κ1) is 40.8. The maximum absolute atomic E-state index is 2.52. The predicted molar refractivity (Wildman–Crippen MR) is 302 cm³/mol. The van der Waals surface area contributed by atoms with E-state index in [-0.39, 0.29) is 0 Å². The summed E-state index contributed by atoms with van der Waals surface area (Å²) in [6.45, 7) is 2.45. The number of fused-ring (bicyclic) bond motifs is 10. The molecule has 0 aliphatic heterocycles. The Balaban J connectivity index is 1.03. The molecule has 2 heterocycles. The average molecular weight is 929 g/mol. The quantitative estimate of drug-likeness (QED) is 0.150. The van der Waals surface area contributed by atoms with Gasteiger partial charge in [0.2, 0.25) is 0 Å². The van der Waals surface area contributed by atoms with Crippen LogP contribution in [0.1, 0.15) is 23.6 Å². The van der Waals surface area contributed by atoms with Crippen molar-refractivity contribution in [1.29, 1.82) is 0 Å². The fraction of sp³-hybridized carbons (Fsp3) is 0.0303. The maximum Gasteiger partial charge on any atom is 0.0543 e. The van der Waals surface area contributed by atoms with E-state index in [1.165, 1.54) is 90.1 Å². The molecular weight excluding hydrogens is 885 g/mol. The molecule has 0 spiro atoms. The standard InChI is InChI=1S/C66H44N2S2/c1-66(47-33-30-43-16-8-9-17-44(43)38-47)58-35-31-45(46-32-36-63-55(39-46)53-24-10-12-28-61(53)69-63)40-57(58)65-59(66)26-15-27-60(65)68(52-34-37-64-56(42-52)54-25-11-13-29-62(54)70-64)51-23-14-22-50(41-51)67(48-18-4-2-5-19-48)49-20-6-3-7-21-49/h2-42H,1H3. The van der Waals surface area contributed by atoms with Crippen molar-refractivity contribution in [3.8, 4) is 22.3 Å². The van der Waals surface area contributed by atoms with Gasteiger partial charge in [-0.25, -0.2) is 0 Å². The van der Waals surface area contributed by atoms with Crippen molar-refractivity contribution in [1.82, 2.24) is 0 Å². The molecule has 0 bridgehead atoms. The molecule has 2 nitrogen and oxygen atoms in total. The maximum atomic E-state index is 2.52. The number of hydrogen-bond donors (Lipinski definition) is 0. The SMILES string of the molecule is CC1(c2ccc3ccccc3c2)c2ccc(-c3ccc4sc5ccccc5c4c3)cc2-c2c(N(c3cccc(N(c4ccccc4)c4ccccc4)c3)c3ccc4sc5ccccc5c4c3)cccc21. The summed E-state index contributed by atoms with van der Waals surface area (Å²) in [5.41, 5.74) is 15.0. The summed E-state index contributed by atoms with van der Waals surface area (Å²) in [5.74, 6) is 0. The smallest absolute Gasteiger partial charge is 0.0543 e. The van der Waals surface area contributed by atoms with Crippen LogP contribution in [0.4, 0.5) is 34.1 Å². The van der Waals surface area contributed by atoms with Crippen molar-refractivity contribution in [2.24, 2.45) is 0 Å². The summed E-state index contributed by atoms with van der Waals surface area (Å²) in [6, 6.07) is 92.3. The van der Waals surface area contributed by atoms with Crippen LogP contribution in [0.2, 0.25) is 0 Å². The van der Waals surface area contributed by atoms with E-state index in [0.717, 1.165) is 34.1 Å². The van der Waals surface area contributed by atoms with Gasteiger partial charge in [0, 0.05) is 79.8 Å². The number of benzene rings is 11. The third kappa shape index (κ3) is 6.45. The van der Waals surface area contributed by atoms with Gasteiger partial charge in [-0.1, -0.05) is 146 Å². The van der Waals surface area contributed by atoms with Crippen molar-refractivity contribution in [2.75, 3.05) is 9.80 Å². The number of rotatable bonds is 8. The van der Waals surface area contributed by atoms with E-state index in [1.54, 1.807) is 0 Å². The van der Waals surface area contributed by atoms with Crippen LogP contribution in [-0.4, -0.2) is 0 Å². The molecule has 1 aliphatic rings. The normalized spacial score (nSPS) is 14.1. The van der Waals surface area contributed by atoms with Gasteiger partial charge in [0.1, 0.15) is 0 Å². The largest absolute Gasteiger partial charge is 0.310 e. The van der Waals surface area contributed by atoms with E-state index in [0.29, 0.717) is 0 Å². The molecule has 11 aromatic carbocycles. The van der Waals surface area contributed by atoms with Crippen LogP contribution in [0, 0.1) is 0 Å². The first-order valence-electron chi connectivity index (χ1n) is 24.0. The van der Waals surface area contributed by atoms with Gasteiger partial charge in [0.05, 0.1) is 5.69 Å². The lowest BCUT2D eigenvalue weighted by Gasteiger charge is -2.32. The summed E-state index contributed by atoms with van der Waals surface area (Å²) >= 11 is 3.73. The molecule has 0 radical (unpaired) electrons. The summed E-state index contributed by atoms with van der Waals surface area (Å²) < 4.78 is 5.22. The van der Waals surface area contributed by atoms with Gasteiger partial charge < -0.3 is 9.80 Å². The van der Waals surface area contributed by atoms with Gasteiger partial charge in [0.15, 0.2) is 0 Å². The summed E-state index contributed by atoms with van der Waals surface area (Å²) in [5, 5.41) is 7.66. The molecule has 4 heteroatoms. The monoisotopic (exact) mass is 928 g/mol. The van der Waals surface area contributed by atoms with Crippen molar-refractivity contribution in [2.45, 2.75) is 12.3 Å². The third-order valence-corrected chi connectivity index (χ3v) is 17.0. The van der Waals surface area contributed by atoms with Crippen molar-refractivity contribution >= 4 is 108 Å². The van der Waals surface area contributed by atoms with Crippen LogP contribution in [0.15, 0.2) is 249 Å². The highest BCUT2D eigenvalue weighted by Crippen LogP contribution is 2.58. The Morgan fingerprint density at radius 1 is 0.329 bits per heavy atom. The zero-order valence-electron chi connectivity index (χ0n) is 38.4. The fourth-order valence-electron chi connectivity index (χ4n) is 11.3. The molecule has 1 unspecified atom stereocenters. The highest BCUT2D eigenvalue weighted by molar-refractivity contribution is 7.26. The molecule has 2 aromatic heterocycles. The predicted octanol–water partition coefficient (Wildman–Crippen LogP) is 19.5. The highest BCUT2D eigenvalue weighted by atomic mass is 32.1. The van der Waals surface area contributed by atoms with E-state index in [1.807, 2.05) is 22.7 Å². The van der Waals surface area contributed by atoms with Crippen molar-refractivity contribution < 1.29 is 0 Å². The van der Waals surface area contributed by atoms with E-state index in [2.05, 4.69) is 265 Å². The van der Waals surface area contributed by atoms with Crippen LogP contribution >= 0.6 is 22.7 Å². The molecule has 70 heavy (non-hydrogen) atoms. The number of thiophene rings is 2. The molecule has 0 amide bonds. The number of anilines is 6. The molecule has 14 rings (SSSR count). The molecule has 0 saturated heterocycles. The summed E-state index contributed by atoms with van der Waals surface area (Å²) in [7, 11) is 0. The van der Waals surface area contributed by atoms with Gasteiger partial charge in [-0.15, -0.1) is 22.7 Å². The average Bonchev–Trinajstić information content (AvgIpc) is 4.07. The molecule has 0 saturated carbocycles. The second-order valence-corrected chi connectivity index (χ2v) is 20.8. The number of para-hydroxylation sites is 2. The van der Waals surface area contributed by atoms with Gasteiger partial charge in [-0.3, -0.25) is 0 Å². The Kier molecular flexibility index (Phi) is 9.42. The Bertz CT molecular complexity index is 4130. The fourth-order valence-corrected chi connectivity index (χ4v) is 13.5. The molecule has 13 aromatic rings. The van der Waals surface area contributed by atoms with Crippen molar-refractivity contribution in [3.63, 3.8) is 0 Å². The van der Waals surface area contributed by atoms with Crippen molar-refractivity contribution in [3.05, 3.63) is 265 Å². The van der Waals surface area contributed by atoms with Gasteiger partial charge in [-0.2, -0.15) is 0 Å². The first-order chi connectivity index (χ1) is 34.6. The lowest BCUT2D eigenvalue weighted by molar-refractivity contribution is 0.715. The van der Waals surface area contributed by atoms with Crippen LogP contribution in [-0.2, 0) is 5.41 Å². The van der Waals surface area contributed by atoms with Crippen LogP contribution < -0.4 is 9.80 Å². The minimum atomic E-state index is -0.449. The second-order valence-electron chi connectivity index (χ2n) is 18.6. The molecular formula is C66H44N2S2. The Morgan fingerprint density at radius 2 is 0.871 bits per heavy atom. The molecule has 0 N–H and O–H groups in total.